The van der Waals surface area contributed by atoms with Crippen LogP contribution < -0.4 is 10.9 Å². The Bertz CT molecular complexity index is 671. The van der Waals surface area contributed by atoms with Crippen LogP contribution >= 0.6 is 0 Å². The van der Waals surface area contributed by atoms with Gasteiger partial charge in [0, 0.05) is 24.7 Å². The SMILES string of the molecule is C=CCc1c(-c2ccccc2)cc(=O)n2c1NCC2. The first kappa shape index (κ1) is 11.8. The fourth-order valence-corrected chi connectivity index (χ4v) is 2.63. The molecular formula is C16H16N2O. The van der Waals surface area contributed by atoms with E-state index < -0.39 is 0 Å². The fourth-order valence-electron chi connectivity index (χ4n) is 2.63. The number of hydrogen-bond acceptors (Lipinski definition) is 2. The van der Waals surface area contributed by atoms with E-state index in [9.17, 15) is 4.79 Å². The topological polar surface area (TPSA) is 34.0 Å². The molecule has 0 saturated carbocycles. The van der Waals surface area contributed by atoms with Crippen molar-refractivity contribution in [3.05, 3.63) is 65.0 Å². The van der Waals surface area contributed by atoms with Gasteiger partial charge in [-0.3, -0.25) is 9.36 Å². The number of fused-ring (bicyclic) bond motifs is 1. The molecule has 0 fully saturated rings. The molecule has 3 rings (SSSR count). The van der Waals surface area contributed by atoms with Crippen LogP contribution in [-0.2, 0) is 13.0 Å². The number of aromatic nitrogens is 1. The van der Waals surface area contributed by atoms with Crippen LogP contribution in [-0.4, -0.2) is 11.1 Å². The van der Waals surface area contributed by atoms with Crippen molar-refractivity contribution in [2.75, 3.05) is 11.9 Å². The Balaban J connectivity index is 2.27. The van der Waals surface area contributed by atoms with Gasteiger partial charge in [0.1, 0.15) is 5.82 Å². The summed E-state index contributed by atoms with van der Waals surface area (Å²) in [5.41, 5.74) is 3.30. The summed E-state index contributed by atoms with van der Waals surface area (Å²) in [5.74, 6) is 0.950. The molecule has 0 unspecified atom stereocenters. The van der Waals surface area contributed by atoms with Crippen LogP contribution in [0.25, 0.3) is 11.1 Å². The largest absolute Gasteiger partial charge is 0.369 e. The minimum atomic E-state index is 0.0617. The highest BCUT2D eigenvalue weighted by Crippen LogP contribution is 2.30. The van der Waals surface area contributed by atoms with Crippen molar-refractivity contribution in [3.63, 3.8) is 0 Å². The molecule has 1 aliphatic heterocycles. The molecule has 0 radical (unpaired) electrons. The van der Waals surface area contributed by atoms with Gasteiger partial charge in [0.05, 0.1) is 0 Å². The zero-order chi connectivity index (χ0) is 13.2. The van der Waals surface area contributed by atoms with Crippen LogP contribution in [0.15, 0.2) is 53.8 Å². The van der Waals surface area contributed by atoms with Gasteiger partial charge in [-0.2, -0.15) is 0 Å². The van der Waals surface area contributed by atoms with E-state index >= 15 is 0 Å². The van der Waals surface area contributed by atoms with E-state index in [-0.39, 0.29) is 5.56 Å². The Hall–Kier alpha value is -2.29. The summed E-state index contributed by atoms with van der Waals surface area (Å²) in [6.45, 7) is 5.38. The number of benzene rings is 1. The summed E-state index contributed by atoms with van der Waals surface area (Å²) < 4.78 is 1.81. The highest BCUT2D eigenvalue weighted by Gasteiger charge is 2.19. The Morgan fingerprint density at radius 3 is 2.84 bits per heavy atom. The third-order valence-corrected chi connectivity index (χ3v) is 3.48. The highest BCUT2D eigenvalue weighted by molar-refractivity contribution is 5.73. The van der Waals surface area contributed by atoms with E-state index in [4.69, 9.17) is 0 Å². The number of nitrogens with zero attached hydrogens (tertiary/aromatic N) is 1. The number of anilines is 1. The second-order valence-electron chi connectivity index (χ2n) is 4.66. The molecular weight excluding hydrogens is 236 g/mol. The molecule has 1 N–H and O–H groups in total. The van der Waals surface area contributed by atoms with E-state index in [2.05, 4.69) is 11.9 Å². The normalized spacial score (nSPS) is 12.8. The van der Waals surface area contributed by atoms with Gasteiger partial charge < -0.3 is 5.32 Å². The molecule has 2 aromatic rings. The van der Waals surface area contributed by atoms with Gasteiger partial charge in [-0.15, -0.1) is 6.58 Å². The van der Waals surface area contributed by atoms with Crippen LogP contribution in [0.5, 0.6) is 0 Å². The second kappa shape index (κ2) is 4.76. The summed E-state index contributed by atoms with van der Waals surface area (Å²) in [6.07, 6.45) is 2.64. The first-order chi connectivity index (χ1) is 9.31. The molecule has 0 bridgehead atoms. The van der Waals surface area contributed by atoms with Crippen LogP contribution in [0.4, 0.5) is 5.82 Å². The Morgan fingerprint density at radius 2 is 2.11 bits per heavy atom. The van der Waals surface area contributed by atoms with Gasteiger partial charge >= 0.3 is 0 Å². The fraction of sp³-hybridized carbons (Fsp3) is 0.188. The van der Waals surface area contributed by atoms with Crippen molar-refractivity contribution >= 4 is 5.82 Å². The molecule has 3 nitrogen and oxygen atoms in total. The van der Waals surface area contributed by atoms with Gasteiger partial charge in [-0.05, 0) is 17.5 Å². The van der Waals surface area contributed by atoms with Crippen molar-refractivity contribution in [2.24, 2.45) is 0 Å². The van der Waals surface area contributed by atoms with Crippen LogP contribution in [0.2, 0.25) is 0 Å². The number of nitrogens with one attached hydrogen (secondary N) is 1. The third-order valence-electron chi connectivity index (χ3n) is 3.48. The molecule has 0 atom stereocenters. The summed E-state index contributed by atoms with van der Waals surface area (Å²) in [7, 11) is 0. The van der Waals surface area contributed by atoms with Gasteiger partial charge in [0.25, 0.3) is 5.56 Å². The maximum atomic E-state index is 12.2. The smallest absolute Gasteiger partial charge is 0.252 e. The lowest BCUT2D eigenvalue weighted by atomic mass is 9.98. The van der Waals surface area contributed by atoms with Crippen LogP contribution in [0.1, 0.15) is 5.56 Å². The maximum Gasteiger partial charge on any atom is 0.252 e. The summed E-state index contributed by atoms with van der Waals surface area (Å²) >= 11 is 0. The molecule has 2 heterocycles. The van der Waals surface area contributed by atoms with Crippen molar-refractivity contribution in [3.8, 4) is 11.1 Å². The summed E-state index contributed by atoms with van der Waals surface area (Å²) in [6, 6.07) is 11.8. The minimum Gasteiger partial charge on any atom is -0.369 e. The van der Waals surface area contributed by atoms with E-state index in [0.29, 0.717) is 0 Å². The van der Waals surface area contributed by atoms with E-state index in [1.807, 2.05) is 41.0 Å². The second-order valence-corrected chi connectivity index (χ2v) is 4.66. The third kappa shape index (κ3) is 1.97. The zero-order valence-electron chi connectivity index (χ0n) is 10.7. The van der Waals surface area contributed by atoms with Crippen molar-refractivity contribution in [1.29, 1.82) is 0 Å². The first-order valence-corrected chi connectivity index (χ1v) is 6.48. The van der Waals surface area contributed by atoms with E-state index in [1.165, 1.54) is 0 Å². The number of pyridine rings is 1. The van der Waals surface area contributed by atoms with E-state index in [0.717, 1.165) is 42.0 Å². The van der Waals surface area contributed by atoms with Crippen LogP contribution in [0, 0.1) is 0 Å². The van der Waals surface area contributed by atoms with Gasteiger partial charge in [-0.25, -0.2) is 0 Å². The van der Waals surface area contributed by atoms with Crippen LogP contribution in [0.3, 0.4) is 0 Å². The molecule has 96 valence electrons. The lowest BCUT2D eigenvalue weighted by Crippen LogP contribution is -2.18. The van der Waals surface area contributed by atoms with Gasteiger partial charge in [-0.1, -0.05) is 36.4 Å². The monoisotopic (exact) mass is 252 g/mol. The standard InChI is InChI=1S/C16H16N2O/c1-2-6-13-14(12-7-4-3-5-8-12)11-15(19)18-10-9-17-16(13)18/h2-5,7-8,11,17H,1,6,9-10H2. The molecule has 0 amide bonds. The zero-order valence-corrected chi connectivity index (χ0v) is 10.7. The number of allylic oxidation sites excluding steroid dienone is 1. The lowest BCUT2D eigenvalue weighted by molar-refractivity contribution is 0.770. The maximum absolute atomic E-state index is 12.2. The van der Waals surface area contributed by atoms with Crippen molar-refractivity contribution in [1.82, 2.24) is 4.57 Å². The lowest BCUT2D eigenvalue weighted by Gasteiger charge is -2.14. The molecule has 0 saturated heterocycles. The predicted molar refractivity (Wildman–Crippen MR) is 78.5 cm³/mol. The Labute approximate surface area is 112 Å². The number of hydrogen-bond donors (Lipinski definition) is 1. The molecule has 0 aliphatic carbocycles. The van der Waals surface area contributed by atoms with Crippen molar-refractivity contribution in [2.45, 2.75) is 13.0 Å². The quantitative estimate of drug-likeness (QED) is 0.852. The average molecular weight is 252 g/mol. The average Bonchev–Trinajstić information content (AvgIpc) is 2.93. The van der Waals surface area contributed by atoms with Gasteiger partial charge in [0.15, 0.2) is 0 Å². The predicted octanol–water partition coefficient (Wildman–Crippen LogP) is 2.67. The summed E-state index contributed by atoms with van der Waals surface area (Å²) in [5, 5.41) is 3.32. The Morgan fingerprint density at radius 1 is 1.32 bits per heavy atom. The minimum absolute atomic E-state index is 0.0617. The molecule has 1 aliphatic rings. The van der Waals surface area contributed by atoms with E-state index in [1.54, 1.807) is 6.07 Å². The molecule has 3 heteroatoms. The first-order valence-electron chi connectivity index (χ1n) is 6.48. The molecule has 1 aromatic carbocycles. The molecule has 1 aromatic heterocycles. The molecule has 0 spiro atoms. The van der Waals surface area contributed by atoms with Gasteiger partial charge in [0.2, 0.25) is 0 Å². The Kier molecular flexibility index (Phi) is 2.95. The summed E-state index contributed by atoms with van der Waals surface area (Å²) in [4.78, 5) is 12.2. The molecule has 19 heavy (non-hydrogen) atoms. The van der Waals surface area contributed by atoms with Crippen molar-refractivity contribution < 1.29 is 0 Å². The highest BCUT2D eigenvalue weighted by atomic mass is 16.1. The number of rotatable bonds is 3.